The number of rotatable bonds is 9. The van der Waals surface area contributed by atoms with Crippen LogP contribution in [-0.2, 0) is 0 Å². The van der Waals surface area contributed by atoms with Crippen LogP contribution < -0.4 is 0 Å². The van der Waals surface area contributed by atoms with Crippen LogP contribution in [0.4, 0.5) is 11.4 Å². The molecule has 6 aromatic carbocycles. The molecular formula is C45H37N3. The van der Waals surface area contributed by atoms with Crippen molar-refractivity contribution in [3.8, 4) is 0 Å². The van der Waals surface area contributed by atoms with Gasteiger partial charge < -0.3 is 4.57 Å². The Morgan fingerprint density at radius 2 is 0.771 bits per heavy atom. The van der Waals surface area contributed by atoms with Crippen LogP contribution in [0.1, 0.15) is 54.0 Å². The molecule has 0 bridgehead atoms. The molecule has 2 fully saturated rings. The van der Waals surface area contributed by atoms with Gasteiger partial charge in [-0.1, -0.05) is 133 Å². The molecule has 48 heavy (non-hydrogen) atoms. The predicted octanol–water partition coefficient (Wildman–Crippen LogP) is 11.5. The van der Waals surface area contributed by atoms with Crippen molar-refractivity contribution >= 4 is 44.6 Å². The minimum absolute atomic E-state index is 0.508. The van der Waals surface area contributed by atoms with E-state index in [2.05, 4.69) is 162 Å². The lowest BCUT2D eigenvalue weighted by Crippen LogP contribution is -2.13. The van der Waals surface area contributed by atoms with Crippen molar-refractivity contribution in [2.45, 2.75) is 31.7 Å². The third kappa shape index (κ3) is 5.56. The molecule has 1 aromatic heterocycles. The van der Waals surface area contributed by atoms with Crippen molar-refractivity contribution in [2.75, 3.05) is 0 Å². The lowest BCUT2D eigenvalue weighted by Gasteiger charge is -2.21. The Morgan fingerprint density at radius 1 is 0.438 bits per heavy atom. The highest BCUT2D eigenvalue weighted by molar-refractivity contribution is 6.16. The standard InChI is InChI=1S/C45H37N3/c1-5-13-31(14-6-1)43(32-15-7-2-8-16-32)46-37-25-27-39-40-28-26-38(47-44(33-17-9-3-10-18-33)34-19-11-4-12-20-34)30-42(40)48(41(39)29-37)45(35-21-22-35)36-23-24-36/h1-20,25-30,35-36,45H,21-24H2. The summed E-state index contributed by atoms with van der Waals surface area (Å²) in [7, 11) is 0. The molecular weight excluding hydrogens is 583 g/mol. The molecule has 2 aliphatic rings. The van der Waals surface area contributed by atoms with Crippen molar-refractivity contribution in [1.29, 1.82) is 0 Å². The monoisotopic (exact) mass is 619 g/mol. The Morgan fingerprint density at radius 3 is 1.08 bits per heavy atom. The fourth-order valence-electron chi connectivity index (χ4n) is 7.40. The molecule has 0 unspecified atom stereocenters. The van der Waals surface area contributed by atoms with Crippen molar-refractivity contribution < 1.29 is 0 Å². The molecule has 2 saturated carbocycles. The Hall–Kier alpha value is -5.54. The number of benzene rings is 6. The first-order valence-electron chi connectivity index (χ1n) is 17.3. The number of aromatic nitrogens is 1. The number of hydrogen-bond acceptors (Lipinski definition) is 2. The van der Waals surface area contributed by atoms with Crippen molar-refractivity contribution in [2.24, 2.45) is 21.8 Å². The van der Waals surface area contributed by atoms with Crippen molar-refractivity contribution in [3.63, 3.8) is 0 Å². The first-order chi connectivity index (χ1) is 23.8. The molecule has 0 aliphatic heterocycles. The molecule has 0 radical (unpaired) electrons. The number of fused-ring (bicyclic) bond motifs is 3. The SMILES string of the molecule is c1ccc(C(=Nc2ccc3c4ccc(N=C(c5ccccc5)c5ccccc5)cc4n(C(C4CC4)C4CC4)c3c2)c2ccccc2)cc1. The third-order valence-corrected chi connectivity index (χ3v) is 9.95. The van der Waals surface area contributed by atoms with Crippen LogP contribution in [0.2, 0.25) is 0 Å². The second-order valence-electron chi connectivity index (χ2n) is 13.3. The molecule has 0 N–H and O–H groups in total. The maximum absolute atomic E-state index is 5.35. The van der Waals surface area contributed by atoms with E-state index in [0.717, 1.165) is 56.9 Å². The lowest BCUT2D eigenvalue weighted by atomic mass is 10.0. The Bertz CT molecular complexity index is 2030. The van der Waals surface area contributed by atoms with Gasteiger partial charge in [-0.2, -0.15) is 0 Å². The fourth-order valence-corrected chi connectivity index (χ4v) is 7.40. The van der Waals surface area contributed by atoms with E-state index in [1.165, 1.54) is 47.5 Å². The van der Waals surface area contributed by atoms with E-state index in [1.54, 1.807) is 0 Å². The molecule has 0 spiro atoms. The second kappa shape index (κ2) is 12.2. The Labute approximate surface area is 282 Å². The van der Waals surface area contributed by atoms with Gasteiger partial charge in [-0.25, -0.2) is 9.98 Å². The first-order valence-corrected chi connectivity index (χ1v) is 17.3. The summed E-state index contributed by atoms with van der Waals surface area (Å²) in [5.41, 5.74) is 11.0. The molecule has 232 valence electrons. The molecule has 0 saturated heterocycles. The van der Waals surface area contributed by atoms with Gasteiger partial charge in [0.05, 0.1) is 33.8 Å². The summed E-state index contributed by atoms with van der Waals surface area (Å²) in [6.45, 7) is 0. The van der Waals surface area contributed by atoms with Crippen LogP contribution in [0.25, 0.3) is 21.8 Å². The Balaban J connectivity index is 1.24. The normalized spacial score (nSPS) is 14.4. The largest absolute Gasteiger partial charge is 0.337 e. The summed E-state index contributed by atoms with van der Waals surface area (Å²) < 4.78 is 2.69. The zero-order chi connectivity index (χ0) is 31.9. The summed E-state index contributed by atoms with van der Waals surface area (Å²) in [5.74, 6) is 1.48. The molecule has 1 heterocycles. The first kappa shape index (κ1) is 28.7. The van der Waals surface area contributed by atoms with Gasteiger partial charge in [0.1, 0.15) is 0 Å². The number of nitrogens with zero attached hydrogens (tertiary/aromatic N) is 3. The van der Waals surface area contributed by atoms with Crippen LogP contribution in [0.5, 0.6) is 0 Å². The van der Waals surface area contributed by atoms with E-state index in [9.17, 15) is 0 Å². The second-order valence-corrected chi connectivity index (χ2v) is 13.3. The van der Waals surface area contributed by atoms with Gasteiger partial charge in [-0.05, 0) is 61.8 Å². The molecule has 7 aromatic rings. The van der Waals surface area contributed by atoms with Crippen LogP contribution in [-0.4, -0.2) is 16.0 Å². The molecule has 0 amide bonds. The molecule has 0 atom stereocenters. The van der Waals surface area contributed by atoms with Gasteiger partial charge in [0.15, 0.2) is 0 Å². The minimum atomic E-state index is 0.508. The topological polar surface area (TPSA) is 29.6 Å². The van der Waals surface area contributed by atoms with Crippen LogP contribution in [0.15, 0.2) is 168 Å². The zero-order valence-corrected chi connectivity index (χ0v) is 26.9. The average molecular weight is 620 g/mol. The minimum Gasteiger partial charge on any atom is -0.337 e. The van der Waals surface area contributed by atoms with E-state index in [-0.39, 0.29) is 0 Å². The average Bonchev–Trinajstić information content (AvgIpc) is 4.10. The maximum Gasteiger partial charge on any atom is 0.0781 e. The van der Waals surface area contributed by atoms with E-state index in [1.807, 2.05) is 0 Å². The molecule has 9 rings (SSSR count). The van der Waals surface area contributed by atoms with Gasteiger partial charge in [-0.15, -0.1) is 0 Å². The van der Waals surface area contributed by atoms with E-state index < -0.39 is 0 Å². The van der Waals surface area contributed by atoms with Crippen LogP contribution >= 0.6 is 0 Å². The van der Waals surface area contributed by atoms with Crippen LogP contribution in [0, 0.1) is 11.8 Å². The summed E-state index contributed by atoms with van der Waals surface area (Å²) in [6, 6.07) is 56.3. The van der Waals surface area contributed by atoms with Crippen LogP contribution in [0.3, 0.4) is 0 Å². The van der Waals surface area contributed by atoms with E-state index in [0.29, 0.717) is 6.04 Å². The summed E-state index contributed by atoms with van der Waals surface area (Å²) in [6.07, 6.45) is 5.26. The van der Waals surface area contributed by atoms with Crippen molar-refractivity contribution in [1.82, 2.24) is 4.57 Å². The summed E-state index contributed by atoms with van der Waals surface area (Å²) in [5, 5.41) is 2.58. The van der Waals surface area contributed by atoms with Gasteiger partial charge >= 0.3 is 0 Å². The molecule has 2 aliphatic carbocycles. The third-order valence-electron chi connectivity index (χ3n) is 9.95. The maximum atomic E-state index is 5.35. The quantitative estimate of drug-likeness (QED) is 0.144. The highest BCUT2D eigenvalue weighted by Crippen LogP contribution is 2.54. The van der Waals surface area contributed by atoms with Gasteiger partial charge in [0.25, 0.3) is 0 Å². The van der Waals surface area contributed by atoms with E-state index >= 15 is 0 Å². The summed E-state index contributed by atoms with van der Waals surface area (Å²) >= 11 is 0. The van der Waals surface area contributed by atoms with Gasteiger partial charge in [-0.3, -0.25) is 0 Å². The molecule has 3 nitrogen and oxygen atoms in total. The molecule has 3 heteroatoms. The summed E-state index contributed by atoms with van der Waals surface area (Å²) in [4.78, 5) is 10.7. The highest BCUT2D eigenvalue weighted by atomic mass is 15.0. The fraction of sp³-hybridized carbons (Fsp3) is 0.156. The van der Waals surface area contributed by atoms with Gasteiger partial charge in [0, 0.05) is 39.1 Å². The zero-order valence-electron chi connectivity index (χ0n) is 26.9. The van der Waals surface area contributed by atoms with Crippen molar-refractivity contribution in [3.05, 3.63) is 180 Å². The Kier molecular flexibility index (Phi) is 7.31. The van der Waals surface area contributed by atoms with Gasteiger partial charge in [0.2, 0.25) is 0 Å². The highest BCUT2D eigenvalue weighted by Gasteiger charge is 2.43. The lowest BCUT2D eigenvalue weighted by molar-refractivity contribution is 0.415. The predicted molar refractivity (Wildman–Crippen MR) is 200 cm³/mol. The number of aliphatic imine (C=N–C) groups is 2. The number of hydrogen-bond donors (Lipinski definition) is 0. The smallest absolute Gasteiger partial charge is 0.0781 e. The van der Waals surface area contributed by atoms with E-state index in [4.69, 9.17) is 9.98 Å².